The number of carbonyl (C=O) groups is 6. The maximum absolute atomic E-state index is 12.6. The van der Waals surface area contributed by atoms with Gasteiger partial charge in [-0.05, 0) is 149 Å². The molecule has 0 spiro atoms. The summed E-state index contributed by atoms with van der Waals surface area (Å²) in [6.07, 6.45) is 15.1. The van der Waals surface area contributed by atoms with E-state index in [0.717, 1.165) is 77.5 Å². The summed E-state index contributed by atoms with van der Waals surface area (Å²) in [5.41, 5.74) is 5.99. The van der Waals surface area contributed by atoms with Crippen molar-refractivity contribution in [2.24, 2.45) is 40.2 Å². The maximum Gasteiger partial charge on any atom is 0.311 e. The number of hydrogen-bond acceptors (Lipinski definition) is 14. The van der Waals surface area contributed by atoms with Crippen LogP contribution < -0.4 is 11.1 Å². The number of carbonyl (C=O) groups excluding carboxylic acids is 6. The van der Waals surface area contributed by atoms with Crippen LogP contribution >= 0.6 is 0 Å². The number of aromatic nitrogens is 2. The molecular weight excluding hydrogens is 993 g/mol. The Morgan fingerprint density at radius 1 is 0.795 bits per heavy atom. The number of nitrogens with zero attached hydrogens (tertiary/aromatic N) is 4. The van der Waals surface area contributed by atoms with Crippen LogP contribution in [0, 0.1) is 34.5 Å². The Bertz CT molecular complexity index is 1940. The van der Waals surface area contributed by atoms with Crippen molar-refractivity contribution in [2.45, 2.75) is 192 Å². The summed E-state index contributed by atoms with van der Waals surface area (Å²) in [6.45, 7) is 28.4. The SMILES string of the molecule is C.CCC(CC(CC(C)(C)C(=O)OCCO)N1CCCC1=O)n1ccnc1.CCC(CC(CC(C)C(C)=O)C(=O)OCCO)C(=O)NCCCN(CC)CC.CCCOC(=O)C(C)(C)CC(CC(CC)CN)c1ccccc1. The average molecular weight is 1100 g/mol. The minimum atomic E-state index is -0.726. The molecule has 0 aliphatic carbocycles. The molecule has 17 heteroatoms. The Morgan fingerprint density at radius 3 is 1.91 bits per heavy atom. The number of nitrogens with one attached hydrogen (secondary N) is 1. The van der Waals surface area contributed by atoms with E-state index in [0.29, 0.717) is 63.6 Å². The van der Waals surface area contributed by atoms with Gasteiger partial charge >= 0.3 is 17.9 Å². The maximum atomic E-state index is 12.6. The molecule has 1 aliphatic rings. The Kier molecular flexibility index (Phi) is 38.0. The number of aliphatic hydroxyl groups excluding tert-OH is 2. The van der Waals surface area contributed by atoms with Gasteiger partial charge in [0.1, 0.15) is 19.0 Å². The van der Waals surface area contributed by atoms with Gasteiger partial charge in [-0.15, -0.1) is 0 Å². The first-order valence-corrected chi connectivity index (χ1v) is 28.9. The number of benzene rings is 1. The third-order valence-corrected chi connectivity index (χ3v) is 15.0. The molecule has 1 fully saturated rings. The highest BCUT2D eigenvalue weighted by atomic mass is 16.5. The molecule has 7 atom stereocenters. The van der Waals surface area contributed by atoms with Crippen LogP contribution in [0.3, 0.4) is 0 Å². The summed E-state index contributed by atoms with van der Waals surface area (Å²) in [6, 6.07) is 10.7. The number of ether oxygens (including phenoxy) is 3. The van der Waals surface area contributed by atoms with Crippen molar-refractivity contribution in [3.63, 3.8) is 0 Å². The van der Waals surface area contributed by atoms with Crippen LogP contribution in [0.1, 0.15) is 192 Å². The molecule has 2 amide bonds. The van der Waals surface area contributed by atoms with Gasteiger partial charge in [-0.25, -0.2) is 4.98 Å². The molecule has 5 N–H and O–H groups in total. The minimum Gasteiger partial charge on any atom is -0.465 e. The summed E-state index contributed by atoms with van der Waals surface area (Å²) in [5.74, 6) is -1.06. The third kappa shape index (κ3) is 27.4. The zero-order chi connectivity index (χ0) is 58.0. The second-order valence-corrected chi connectivity index (χ2v) is 22.0. The third-order valence-electron chi connectivity index (χ3n) is 15.0. The lowest BCUT2D eigenvalue weighted by Crippen LogP contribution is -2.43. The zero-order valence-corrected chi connectivity index (χ0v) is 49.6. The fraction of sp³-hybridized carbons (Fsp3) is 0.754. The van der Waals surface area contributed by atoms with Gasteiger partial charge in [-0.1, -0.05) is 92.6 Å². The standard InChI is InChI=1S/C21H40N2O5.C20H33NO2.C19H31N3O4.CH4/c1-6-18(20(26)22-10-9-11-23(7-2)8-3)15-19(14-16(4)17(5)25)21(27)28-13-12-24;1-5-12-23-19(22)20(3,4)14-18(13-16(6-2)15-21)17-10-8-7-9-11-17;1-4-15(21-9-7-20-14-21)12-16(22-8-5-6-17(22)24)13-19(2,3)18(25)26-11-10-23;/h16,18-19,24H,6-15H2,1-5H3,(H,22,26);7-11,16,18H,5-6,12-15,21H2,1-4H3;7,9,14-16,23H,4-6,8,10-13H2,1-3H3;1H4. The van der Waals surface area contributed by atoms with Gasteiger partial charge < -0.3 is 49.8 Å². The van der Waals surface area contributed by atoms with E-state index < -0.39 is 22.7 Å². The van der Waals surface area contributed by atoms with Crippen molar-refractivity contribution >= 4 is 35.5 Å². The highest BCUT2D eigenvalue weighted by Gasteiger charge is 2.39. The van der Waals surface area contributed by atoms with Gasteiger partial charge in [0.15, 0.2) is 0 Å². The number of likely N-dealkylation sites (tertiary alicyclic amines) is 1. The fourth-order valence-corrected chi connectivity index (χ4v) is 9.81. The molecule has 17 nitrogen and oxygen atoms in total. The van der Waals surface area contributed by atoms with Crippen LogP contribution in [-0.4, -0.2) is 143 Å². The van der Waals surface area contributed by atoms with Crippen molar-refractivity contribution in [2.75, 3.05) is 72.3 Å². The largest absolute Gasteiger partial charge is 0.465 e. The molecule has 0 bridgehead atoms. The lowest BCUT2D eigenvalue weighted by Gasteiger charge is -2.36. The van der Waals surface area contributed by atoms with Gasteiger partial charge in [0, 0.05) is 55.8 Å². The molecule has 1 aliphatic heterocycles. The molecule has 1 saturated heterocycles. The van der Waals surface area contributed by atoms with Gasteiger partial charge in [0.05, 0.1) is 42.9 Å². The van der Waals surface area contributed by atoms with E-state index in [1.807, 2.05) is 58.7 Å². The van der Waals surface area contributed by atoms with Crippen molar-refractivity contribution in [1.82, 2.24) is 24.7 Å². The molecule has 2 aromatic rings. The first kappa shape index (κ1) is 73.3. The molecule has 78 heavy (non-hydrogen) atoms. The molecule has 1 aromatic heterocycles. The monoisotopic (exact) mass is 1100 g/mol. The molecule has 2 heterocycles. The smallest absolute Gasteiger partial charge is 0.311 e. The zero-order valence-electron chi connectivity index (χ0n) is 49.6. The van der Waals surface area contributed by atoms with E-state index in [4.69, 9.17) is 30.2 Å². The second kappa shape index (κ2) is 40.5. The summed E-state index contributed by atoms with van der Waals surface area (Å²) >= 11 is 0. The van der Waals surface area contributed by atoms with E-state index in [2.05, 4.69) is 71.7 Å². The minimum absolute atomic E-state index is 0. The van der Waals surface area contributed by atoms with E-state index in [1.54, 1.807) is 19.4 Å². The molecule has 448 valence electrons. The highest BCUT2D eigenvalue weighted by molar-refractivity contribution is 5.82. The quantitative estimate of drug-likeness (QED) is 0.0283. The lowest BCUT2D eigenvalue weighted by molar-refractivity contribution is -0.157. The van der Waals surface area contributed by atoms with Gasteiger partial charge in [-0.2, -0.15) is 0 Å². The Hall–Kier alpha value is -4.71. The first-order valence-electron chi connectivity index (χ1n) is 28.9. The van der Waals surface area contributed by atoms with E-state index in [1.165, 1.54) is 12.5 Å². The average Bonchev–Trinajstić information content (AvgIpc) is 4.13. The first-order chi connectivity index (χ1) is 36.6. The Morgan fingerprint density at radius 2 is 1.41 bits per heavy atom. The number of ketones is 1. The molecule has 3 rings (SSSR count). The normalized spacial score (nSPS) is 15.2. The topological polar surface area (TPSA) is 233 Å². The van der Waals surface area contributed by atoms with Crippen LogP contribution in [0.2, 0.25) is 0 Å². The van der Waals surface area contributed by atoms with Crippen LogP contribution in [0.4, 0.5) is 0 Å². The van der Waals surface area contributed by atoms with E-state index >= 15 is 0 Å². The van der Waals surface area contributed by atoms with Crippen LogP contribution in [0.25, 0.3) is 0 Å². The number of amides is 2. The van der Waals surface area contributed by atoms with Crippen LogP contribution in [-0.2, 0) is 43.0 Å². The van der Waals surface area contributed by atoms with Crippen molar-refractivity contribution < 1.29 is 53.2 Å². The van der Waals surface area contributed by atoms with Crippen molar-refractivity contribution in [1.29, 1.82) is 0 Å². The second-order valence-electron chi connectivity index (χ2n) is 22.0. The van der Waals surface area contributed by atoms with Gasteiger partial charge in [-0.3, -0.25) is 28.8 Å². The van der Waals surface area contributed by atoms with Gasteiger partial charge in [0.2, 0.25) is 11.8 Å². The summed E-state index contributed by atoms with van der Waals surface area (Å²) in [4.78, 5) is 82.0. The molecule has 1 aromatic carbocycles. The number of nitrogens with two attached hydrogens (primary N) is 1. The van der Waals surface area contributed by atoms with E-state index in [-0.39, 0.29) is 87.3 Å². The highest BCUT2D eigenvalue weighted by Crippen LogP contribution is 2.38. The summed E-state index contributed by atoms with van der Waals surface area (Å²) in [7, 11) is 0. The lowest BCUT2D eigenvalue weighted by atomic mass is 9.76. The number of esters is 3. The van der Waals surface area contributed by atoms with E-state index in [9.17, 15) is 28.8 Å². The van der Waals surface area contributed by atoms with Crippen LogP contribution in [0.5, 0.6) is 0 Å². The predicted molar refractivity (Wildman–Crippen MR) is 310 cm³/mol. The molecule has 0 radical (unpaired) electrons. The number of rotatable bonds is 36. The molecule has 0 saturated carbocycles. The molecular formula is C61H108N6O11. The Balaban J connectivity index is 0.00000114. The predicted octanol–water partition coefficient (Wildman–Crippen LogP) is 9.34. The number of hydrogen-bond donors (Lipinski definition) is 4. The van der Waals surface area contributed by atoms with Crippen molar-refractivity contribution in [3.05, 3.63) is 54.6 Å². The Labute approximate surface area is 470 Å². The fourth-order valence-electron chi connectivity index (χ4n) is 9.81. The van der Waals surface area contributed by atoms with Crippen LogP contribution in [0.15, 0.2) is 49.1 Å². The summed E-state index contributed by atoms with van der Waals surface area (Å²) < 4.78 is 17.7. The van der Waals surface area contributed by atoms with Gasteiger partial charge in [0.25, 0.3) is 0 Å². The summed E-state index contributed by atoms with van der Waals surface area (Å²) in [5, 5.41) is 20.7. The number of Topliss-reactive ketones (excluding diaryl/α,β-unsaturated/α-hetero) is 1. The number of imidazole rings is 1. The number of aliphatic hydroxyl groups is 2. The molecule has 7 unspecified atom stereocenters. The van der Waals surface area contributed by atoms with Crippen molar-refractivity contribution in [3.8, 4) is 0 Å².